The average Bonchev–Trinajstić information content (AvgIpc) is 3.83. The van der Waals surface area contributed by atoms with Crippen molar-refractivity contribution >= 4 is 34.4 Å². The van der Waals surface area contributed by atoms with Crippen molar-refractivity contribution in [3.05, 3.63) is 133 Å². The third-order valence-electron chi connectivity index (χ3n) is 6.80. The third-order valence-corrected chi connectivity index (χ3v) is 6.80. The van der Waals surface area contributed by atoms with E-state index in [2.05, 4.69) is 52.5 Å². The van der Waals surface area contributed by atoms with Crippen LogP contribution in [0.2, 0.25) is 0 Å². The molecule has 2 aliphatic heterocycles. The molecule has 0 N–H and O–H groups in total. The fraction of sp³-hybridized carbons (Fsp3) is 0.176. The quantitative estimate of drug-likeness (QED) is 0.118. The number of aryl methyl sites for hydroxylation is 4. The fourth-order valence-corrected chi connectivity index (χ4v) is 4.74. The number of aromatic nitrogens is 8. The molecular formula is C34H30F4N12Pt2-6. The number of nitrogens with zero attached hydrogens (tertiary/aromatic N) is 12. The predicted molar refractivity (Wildman–Crippen MR) is 178 cm³/mol. The van der Waals surface area contributed by atoms with Gasteiger partial charge in [0.25, 0.3) is 0 Å². The molecule has 18 heteroatoms. The molecule has 0 amide bonds. The summed E-state index contributed by atoms with van der Waals surface area (Å²) in [6, 6.07) is 18.2. The van der Waals surface area contributed by atoms with E-state index in [1.165, 1.54) is 0 Å². The van der Waals surface area contributed by atoms with E-state index in [1.807, 2.05) is 75.9 Å². The number of rotatable bonds is 2. The van der Waals surface area contributed by atoms with Crippen LogP contribution in [0.5, 0.6) is 0 Å². The van der Waals surface area contributed by atoms with Crippen LogP contribution in [0.15, 0.2) is 60.9 Å². The van der Waals surface area contributed by atoms with Crippen LogP contribution in [0.1, 0.15) is 22.8 Å². The van der Waals surface area contributed by atoms with Gasteiger partial charge in [0.1, 0.15) is 35.4 Å². The van der Waals surface area contributed by atoms with Gasteiger partial charge in [-0.05, 0) is 52.2 Å². The zero-order valence-electron chi connectivity index (χ0n) is 28.4. The first-order valence-electron chi connectivity index (χ1n) is 14.9. The van der Waals surface area contributed by atoms with Crippen LogP contribution >= 0.6 is 0 Å². The Hall–Kier alpha value is -4.68. The average molecular weight is 1070 g/mol. The van der Waals surface area contributed by atoms with Crippen molar-refractivity contribution in [1.82, 2.24) is 40.3 Å². The molecule has 8 heterocycles. The molecule has 0 radical (unpaired) electrons. The Labute approximate surface area is 327 Å². The molecule has 2 aliphatic rings. The van der Waals surface area contributed by atoms with Gasteiger partial charge in [-0.2, -0.15) is 36.8 Å². The second-order valence-corrected chi connectivity index (χ2v) is 10.9. The van der Waals surface area contributed by atoms with E-state index >= 15 is 0 Å². The summed E-state index contributed by atoms with van der Waals surface area (Å²) in [6.45, 7) is 11.1. The molecule has 0 saturated heterocycles. The molecule has 0 fully saturated rings. The van der Waals surface area contributed by atoms with Crippen LogP contribution in [0.25, 0.3) is 0 Å². The van der Waals surface area contributed by atoms with Crippen LogP contribution in [0.3, 0.4) is 0 Å². The van der Waals surface area contributed by atoms with Crippen LogP contribution in [-0.4, -0.2) is 44.2 Å². The van der Waals surface area contributed by atoms with E-state index in [-0.39, 0.29) is 53.5 Å². The monoisotopic (exact) mass is 1070 g/mol. The van der Waals surface area contributed by atoms with Crippen molar-refractivity contribution in [1.29, 1.82) is 0 Å². The Kier molecular flexibility index (Phi) is 15.0. The minimum atomic E-state index is -0.981. The molecule has 0 spiro atoms. The van der Waals surface area contributed by atoms with Gasteiger partial charge in [0.15, 0.2) is 0 Å². The molecule has 0 saturated carbocycles. The maximum Gasteiger partial charge on any atom is 0.135 e. The zero-order chi connectivity index (χ0) is 35.9. The van der Waals surface area contributed by atoms with Crippen molar-refractivity contribution in [3.63, 3.8) is 0 Å². The van der Waals surface area contributed by atoms with Gasteiger partial charge >= 0.3 is 0 Å². The first kappa shape index (κ1) is 41.7. The summed E-state index contributed by atoms with van der Waals surface area (Å²) in [4.78, 5) is 21.2. The smallest absolute Gasteiger partial charge is 0.135 e. The van der Waals surface area contributed by atoms with Crippen molar-refractivity contribution in [2.24, 2.45) is 0 Å². The molecule has 0 atom stereocenters. The van der Waals surface area contributed by atoms with E-state index in [1.54, 1.807) is 47.7 Å². The SMILES string of the molecule is CN1[CH-]N(c2[c-]c(F)nc(F)c2)c2ncccc21.CN1[CH-]N(c2[c-]c(F)nc(F)c2)c2ncccc21.Cc1cc(C)[n-]n1.Cc1cc(C)[n-]n1.[Pt].[Pt]. The Balaban J connectivity index is 0.000000201. The third kappa shape index (κ3) is 10.7. The number of fused-ring (bicyclic) bond motifs is 2. The summed E-state index contributed by atoms with van der Waals surface area (Å²) in [6.07, 6.45) is 3.24. The van der Waals surface area contributed by atoms with E-state index in [9.17, 15) is 17.6 Å². The van der Waals surface area contributed by atoms with E-state index in [0.717, 1.165) is 46.3 Å². The van der Waals surface area contributed by atoms with Gasteiger partial charge in [0, 0.05) is 77.3 Å². The Bertz CT molecular complexity index is 1840. The summed E-state index contributed by atoms with van der Waals surface area (Å²) in [7, 11) is 3.66. The largest absolute Gasteiger partial charge is 0.579 e. The van der Waals surface area contributed by atoms with Crippen molar-refractivity contribution in [2.75, 3.05) is 33.7 Å². The molecule has 280 valence electrons. The van der Waals surface area contributed by atoms with E-state index < -0.39 is 23.8 Å². The molecule has 0 bridgehead atoms. The summed E-state index contributed by atoms with van der Waals surface area (Å²) in [5.41, 5.74) is 6.14. The molecule has 8 rings (SSSR count). The Morgan fingerprint density at radius 1 is 0.615 bits per heavy atom. The van der Waals surface area contributed by atoms with Gasteiger partial charge in [0.05, 0.1) is 0 Å². The van der Waals surface area contributed by atoms with Crippen molar-refractivity contribution in [3.8, 4) is 0 Å². The van der Waals surface area contributed by atoms with Crippen LogP contribution in [0, 0.1) is 77.0 Å². The molecule has 52 heavy (non-hydrogen) atoms. The second kappa shape index (κ2) is 18.7. The maximum atomic E-state index is 13.1. The Morgan fingerprint density at radius 2 is 1.00 bits per heavy atom. The first-order valence-corrected chi connectivity index (χ1v) is 14.9. The summed E-state index contributed by atoms with van der Waals surface area (Å²) in [5.74, 6) is -2.54. The fourth-order valence-electron chi connectivity index (χ4n) is 4.74. The van der Waals surface area contributed by atoms with Gasteiger partial charge < -0.3 is 40.0 Å². The van der Waals surface area contributed by atoms with Crippen LogP contribution < -0.4 is 29.8 Å². The summed E-state index contributed by atoms with van der Waals surface area (Å²) >= 11 is 0. The normalized spacial score (nSPS) is 12.2. The molecule has 0 aliphatic carbocycles. The van der Waals surface area contributed by atoms with Gasteiger partial charge in [-0.15, -0.1) is 23.5 Å². The van der Waals surface area contributed by atoms with E-state index in [0.29, 0.717) is 11.6 Å². The van der Waals surface area contributed by atoms with Gasteiger partial charge in [-0.3, -0.25) is 0 Å². The van der Waals surface area contributed by atoms with Crippen LogP contribution in [0.4, 0.5) is 51.9 Å². The molecule has 6 aromatic heterocycles. The number of halogens is 4. The summed E-state index contributed by atoms with van der Waals surface area (Å²) < 4.78 is 52.4. The van der Waals surface area contributed by atoms with Gasteiger partial charge in [-0.25, -0.2) is 37.5 Å². The molecule has 12 nitrogen and oxygen atoms in total. The molecule has 0 aromatic carbocycles. The minimum Gasteiger partial charge on any atom is -0.579 e. The first-order chi connectivity index (χ1) is 23.9. The second-order valence-electron chi connectivity index (χ2n) is 10.9. The van der Waals surface area contributed by atoms with Gasteiger partial charge in [-0.1, -0.05) is 26.0 Å². The summed E-state index contributed by atoms with van der Waals surface area (Å²) in [5, 5.41) is 15.1. The number of hydrogen-bond donors (Lipinski definition) is 0. The van der Waals surface area contributed by atoms with E-state index in [4.69, 9.17) is 0 Å². The number of hydrogen-bond acceptors (Lipinski definition) is 10. The minimum absolute atomic E-state index is 0. The predicted octanol–water partition coefficient (Wildman–Crippen LogP) is 5.83. The zero-order valence-corrected chi connectivity index (χ0v) is 33.0. The Morgan fingerprint density at radius 3 is 1.29 bits per heavy atom. The van der Waals surface area contributed by atoms with Crippen molar-refractivity contribution < 1.29 is 59.7 Å². The molecule has 0 unspecified atom stereocenters. The number of anilines is 6. The van der Waals surface area contributed by atoms with Gasteiger partial charge in [0.2, 0.25) is 0 Å². The van der Waals surface area contributed by atoms with Crippen LogP contribution in [-0.2, 0) is 42.1 Å². The maximum absolute atomic E-state index is 13.1. The number of pyridine rings is 4. The molecule has 6 aromatic rings. The standard InChI is InChI=1S/2C12H8F2N4.2C5H7N2.2Pt/c2*1-17-7-18(12-9(17)3-2-4-15-12)8-5-10(13)16-11(14)6-8;2*1-4-3-5(2)7-6-4;;/h2*2-5,7H,1H3;2*3H,1-2H3;;/q2*-2;2*-1;;. The topological polar surface area (TPSA) is 119 Å². The molecular weight excluding hydrogens is 1040 g/mol. The van der Waals surface area contributed by atoms with Crippen molar-refractivity contribution in [2.45, 2.75) is 27.7 Å².